The van der Waals surface area contributed by atoms with Crippen LogP contribution in [0.25, 0.3) is 0 Å². The van der Waals surface area contributed by atoms with Gasteiger partial charge in [-0.2, -0.15) is 0 Å². The van der Waals surface area contributed by atoms with Crippen LogP contribution in [0.1, 0.15) is 45.4 Å². The molecule has 0 radical (unpaired) electrons. The van der Waals surface area contributed by atoms with Crippen molar-refractivity contribution in [3.63, 3.8) is 0 Å². The molecular formula is C18H25N5O3. The number of hydrogen-bond donors (Lipinski definition) is 2. The van der Waals surface area contributed by atoms with Crippen LogP contribution in [0, 0.1) is 0 Å². The molecule has 26 heavy (non-hydrogen) atoms. The van der Waals surface area contributed by atoms with Crippen molar-refractivity contribution < 1.29 is 14.0 Å². The number of carbonyl (C=O) groups is 2. The summed E-state index contributed by atoms with van der Waals surface area (Å²) >= 11 is 0. The summed E-state index contributed by atoms with van der Waals surface area (Å²) in [7, 11) is 3.90. The van der Waals surface area contributed by atoms with E-state index in [9.17, 15) is 9.59 Å². The third-order valence-electron chi connectivity index (χ3n) is 4.38. The number of furan rings is 1. The van der Waals surface area contributed by atoms with Crippen LogP contribution in [0.5, 0.6) is 0 Å². The molecule has 0 aromatic carbocycles. The lowest BCUT2D eigenvalue weighted by molar-refractivity contribution is 0.0932. The molecule has 0 unspecified atom stereocenters. The number of likely N-dealkylation sites (N-methyl/N-ethyl adjacent to an activating group) is 1. The molecule has 2 aromatic heterocycles. The molecule has 0 spiro atoms. The average molecular weight is 359 g/mol. The van der Waals surface area contributed by atoms with Gasteiger partial charge in [0, 0.05) is 19.6 Å². The molecule has 1 aliphatic heterocycles. The Hall–Kier alpha value is -2.61. The summed E-state index contributed by atoms with van der Waals surface area (Å²) < 4.78 is 7.11. The molecule has 1 aliphatic rings. The molecular weight excluding hydrogens is 334 g/mol. The summed E-state index contributed by atoms with van der Waals surface area (Å²) in [6, 6.07) is 3.57. The van der Waals surface area contributed by atoms with E-state index in [1.165, 1.54) is 0 Å². The van der Waals surface area contributed by atoms with Crippen molar-refractivity contribution >= 4 is 11.8 Å². The Balaban J connectivity index is 1.74. The molecule has 0 saturated carbocycles. The minimum atomic E-state index is -0.295. The van der Waals surface area contributed by atoms with Crippen molar-refractivity contribution in [2.24, 2.45) is 0 Å². The largest absolute Gasteiger partial charge is 0.467 e. The second-order valence-corrected chi connectivity index (χ2v) is 6.66. The van der Waals surface area contributed by atoms with Crippen LogP contribution in [0.4, 0.5) is 0 Å². The molecule has 8 heteroatoms. The first-order chi connectivity index (χ1) is 12.6. The molecule has 0 atom stereocenters. The maximum Gasteiger partial charge on any atom is 0.287 e. The first kappa shape index (κ1) is 18.2. The summed E-state index contributed by atoms with van der Waals surface area (Å²) in [4.78, 5) is 31.5. The lowest BCUT2D eigenvalue weighted by atomic mass is 10.1. The van der Waals surface area contributed by atoms with E-state index in [1.807, 2.05) is 23.6 Å². The molecule has 0 bridgehead atoms. The van der Waals surface area contributed by atoms with E-state index in [2.05, 4.69) is 15.6 Å². The van der Waals surface area contributed by atoms with Crippen molar-refractivity contribution in [1.29, 1.82) is 0 Å². The molecule has 2 N–H and O–H groups in total. The molecule has 2 amide bonds. The fraction of sp³-hybridized carbons (Fsp3) is 0.500. The van der Waals surface area contributed by atoms with Crippen molar-refractivity contribution in [3.05, 3.63) is 41.4 Å². The molecule has 140 valence electrons. The quantitative estimate of drug-likeness (QED) is 0.770. The summed E-state index contributed by atoms with van der Waals surface area (Å²) in [5.41, 5.74) is 1.22. The summed E-state index contributed by atoms with van der Waals surface area (Å²) in [5.74, 6) is 0.453. The Morgan fingerprint density at radius 2 is 2.12 bits per heavy atom. The molecule has 8 nitrogen and oxygen atoms in total. The van der Waals surface area contributed by atoms with Gasteiger partial charge in [0.25, 0.3) is 11.8 Å². The second-order valence-electron chi connectivity index (χ2n) is 6.66. The highest BCUT2D eigenvalue weighted by atomic mass is 16.3. The van der Waals surface area contributed by atoms with E-state index in [4.69, 9.17) is 4.42 Å². The molecule has 3 rings (SSSR count). The Bertz CT molecular complexity index is 764. The number of rotatable bonds is 7. The molecule has 3 heterocycles. The standard InChI is InChI=1S/C18H25N5O3/c1-22(2)10-8-19-17(24)15-14-7-3-4-9-23(14)16(21-15)18(25)20-12-13-6-5-11-26-13/h5-6,11H,3-4,7-10,12H2,1-2H3,(H,19,24)(H,20,25). The molecule has 0 saturated heterocycles. The molecule has 2 aromatic rings. The van der Waals surface area contributed by atoms with Crippen LogP contribution in [0.15, 0.2) is 22.8 Å². The van der Waals surface area contributed by atoms with Crippen molar-refractivity contribution in [2.75, 3.05) is 27.2 Å². The molecule has 0 aliphatic carbocycles. The van der Waals surface area contributed by atoms with Gasteiger partial charge in [-0.15, -0.1) is 0 Å². The first-order valence-electron chi connectivity index (χ1n) is 8.89. The third kappa shape index (κ3) is 4.13. The lowest BCUT2D eigenvalue weighted by Gasteiger charge is -2.17. The van der Waals surface area contributed by atoms with E-state index in [0.717, 1.165) is 31.5 Å². The van der Waals surface area contributed by atoms with Crippen LogP contribution in [-0.4, -0.2) is 53.5 Å². The van der Waals surface area contributed by atoms with Crippen molar-refractivity contribution in [3.8, 4) is 0 Å². The maximum atomic E-state index is 12.6. The maximum absolute atomic E-state index is 12.6. The van der Waals surface area contributed by atoms with Gasteiger partial charge in [-0.1, -0.05) is 0 Å². The Labute approximate surface area is 152 Å². The Morgan fingerprint density at radius 3 is 2.85 bits per heavy atom. The highest BCUT2D eigenvalue weighted by Gasteiger charge is 2.27. The number of carbonyl (C=O) groups excluding carboxylic acids is 2. The van der Waals surface area contributed by atoms with E-state index in [1.54, 1.807) is 18.4 Å². The van der Waals surface area contributed by atoms with Gasteiger partial charge in [0.2, 0.25) is 0 Å². The van der Waals surface area contributed by atoms with Gasteiger partial charge in [-0.3, -0.25) is 9.59 Å². The van der Waals surface area contributed by atoms with Gasteiger partial charge in [0.15, 0.2) is 5.82 Å². The average Bonchev–Trinajstić information content (AvgIpc) is 3.27. The van der Waals surface area contributed by atoms with Gasteiger partial charge in [-0.25, -0.2) is 4.98 Å². The zero-order valence-electron chi connectivity index (χ0n) is 15.2. The van der Waals surface area contributed by atoms with E-state index < -0.39 is 0 Å². The lowest BCUT2D eigenvalue weighted by Crippen LogP contribution is -2.32. The van der Waals surface area contributed by atoms with Crippen molar-refractivity contribution in [2.45, 2.75) is 32.4 Å². The number of imidazole rings is 1. The number of hydrogen-bond acceptors (Lipinski definition) is 5. The molecule has 0 fully saturated rings. The SMILES string of the molecule is CN(C)CCNC(=O)c1nc(C(=O)NCc2ccco2)n2c1CCCC2. The second kappa shape index (κ2) is 8.18. The predicted molar refractivity (Wildman–Crippen MR) is 95.9 cm³/mol. The topological polar surface area (TPSA) is 92.4 Å². The van der Waals surface area contributed by atoms with Crippen LogP contribution in [-0.2, 0) is 19.5 Å². The predicted octanol–water partition coefficient (Wildman–Crippen LogP) is 1.03. The van der Waals surface area contributed by atoms with E-state index in [0.29, 0.717) is 36.9 Å². The Kier molecular flexibility index (Phi) is 5.72. The van der Waals surface area contributed by atoms with Crippen LogP contribution >= 0.6 is 0 Å². The summed E-state index contributed by atoms with van der Waals surface area (Å²) in [5, 5.41) is 5.69. The monoisotopic (exact) mass is 359 g/mol. The first-order valence-corrected chi connectivity index (χ1v) is 8.89. The minimum absolute atomic E-state index is 0.220. The number of nitrogens with one attached hydrogen (secondary N) is 2. The van der Waals surface area contributed by atoms with Crippen LogP contribution in [0.2, 0.25) is 0 Å². The number of aromatic nitrogens is 2. The number of fused-ring (bicyclic) bond motifs is 1. The van der Waals surface area contributed by atoms with Crippen LogP contribution in [0.3, 0.4) is 0 Å². The summed E-state index contributed by atoms with van der Waals surface area (Å²) in [6.45, 7) is 2.28. The number of amides is 2. The van der Waals surface area contributed by atoms with Gasteiger partial charge >= 0.3 is 0 Å². The zero-order chi connectivity index (χ0) is 18.5. The minimum Gasteiger partial charge on any atom is -0.467 e. The number of nitrogens with zero attached hydrogens (tertiary/aromatic N) is 3. The van der Waals surface area contributed by atoms with Gasteiger partial charge < -0.3 is 24.5 Å². The summed E-state index contributed by atoms with van der Waals surface area (Å²) in [6.07, 6.45) is 4.30. The van der Waals surface area contributed by atoms with Gasteiger partial charge in [0.1, 0.15) is 11.5 Å². The van der Waals surface area contributed by atoms with E-state index >= 15 is 0 Å². The zero-order valence-corrected chi connectivity index (χ0v) is 15.2. The van der Waals surface area contributed by atoms with Crippen molar-refractivity contribution in [1.82, 2.24) is 25.1 Å². The van der Waals surface area contributed by atoms with E-state index in [-0.39, 0.29) is 11.8 Å². The highest BCUT2D eigenvalue weighted by molar-refractivity contribution is 5.97. The highest BCUT2D eigenvalue weighted by Crippen LogP contribution is 2.21. The normalized spacial score (nSPS) is 13.5. The Morgan fingerprint density at radius 1 is 1.27 bits per heavy atom. The van der Waals surface area contributed by atoms with Gasteiger partial charge in [0.05, 0.1) is 18.5 Å². The fourth-order valence-corrected chi connectivity index (χ4v) is 3.03. The van der Waals surface area contributed by atoms with Gasteiger partial charge in [-0.05, 0) is 45.5 Å². The fourth-order valence-electron chi connectivity index (χ4n) is 3.03. The van der Waals surface area contributed by atoms with Crippen LogP contribution < -0.4 is 10.6 Å². The smallest absolute Gasteiger partial charge is 0.287 e. The third-order valence-corrected chi connectivity index (χ3v) is 4.38.